The molecule has 2 fully saturated rings. The Morgan fingerprint density at radius 3 is 2.88 bits per heavy atom. The molecule has 100 valence electrons. The van der Waals surface area contributed by atoms with Gasteiger partial charge in [0.1, 0.15) is 0 Å². The normalized spacial score (nSPS) is 37.2. The zero-order valence-electron chi connectivity index (χ0n) is 11.6. The van der Waals surface area contributed by atoms with Crippen LogP contribution >= 0.6 is 0 Å². The Kier molecular flexibility index (Phi) is 4.83. The summed E-state index contributed by atoms with van der Waals surface area (Å²) < 4.78 is 5.96. The van der Waals surface area contributed by atoms with E-state index in [-0.39, 0.29) is 0 Å². The van der Waals surface area contributed by atoms with Gasteiger partial charge in [0.05, 0.1) is 12.2 Å². The minimum Gasteiger partial charge on any atom is -0.374 e. The molecular formula is C14H28N2O. The molecule has 2 aliphatic rings. The number of rotatable bonds is 4. The molecule has 0 bridgehead atoms. The summed E-state index contributed by atoms with van der Waals surface area (Å²) in [5.74, 6) is 0.779. The third-order valence-electron chi connectivity index (χ3n) is 4.46. The van der Waals surface area contributed by atoms with E-state index in [0.717, 1.165) is 25.6 Å². The standard InChI is InChI=1S/C14H28N2O/c1-4-11(2)14-9-15-7-8-16(14)10-13-6-5-12(3)17-13/h11-15H,4-10H2,1-3H3. The molecule has 0 saturated carbocycles. The van der Waals surface area contributed by atoms with Crippen LogP contribution in [-0.4, -0.2) is 49.3 Å². The molecule has 2 heterocycles. The Balaban J connectivity index is 1.87. The van der Waals surface area contributed by atoms with Gasteiger partial charge in [-0.2, -0.15) is 0 Å². The summed E-state index contributed by atoms with van der Waals surface area (Å²) in [7, 11) is 0. The molecule has 4 atom stereocenters. The second-order valence-electron chi connectivity index (χ2n) is 5.80. The molecule has 0 spiro atoms. The van der Waals surface area contributed by atoms with Crippen molar-refractivity contribution in [2.24, 2.45) is 5.92 Å². The van der Waals surface area contributed by atoms with E-state index in [9.17, 15) is 0 Å². The van der Waals surface area contributed by atoms with E-state index in [1.54, 1.807) is 0 Å². The summed E-state index contributed by atoms with van der Waals surface area (Å²) in [6.45, 7) is 11.5. The lowest BCUT2D eigenvalue weighted by Crippen LogP contribution is -2.55. The molecule has 3 heteroatoms. The summed E-state index contributed by atoms with van der Waals surface area (Å²) in [6.07, 6.45) is 4.72. The molecule has 2 aliphatic heterocycles. The van der Waals surface area contributed by atoms with Crippen LogP contribution in [0.2, 0.25) is 0 Å². The van der Waals surface area contributed by atoms with Crippen molar-refractivity contribution < 1.29 is 4.74 Å². The van der Waals surface area contributed by atoms with E-state index in [1.807, 2.05) is 0 Å². The van der Waals surface area contributed by atoms with Gasteiger partial charge in [-0.15, -0.1) is 0 Å². The largest absolute Gasteiger partial charge is 0.374 e. The van der Waals surface area contributed by atoms with E-state index in [1.165, 1.54) is 25.8 Å². The molecule has 0 radical (unpaired) electrons. The fourth-order valence-electron chi connectivity index (χ4n) is 3.11. The van der Waals surface area contributed by atoms with Crippen LogP contribution in [0.3, 0.4) is 0 Å². The summed E-state index contributed by atoms with van der Waals surface area (Å²) in [5.41, 5.74) is 0. The molecule has 4 unspecified atom stereocenters. The molecule has 0 aromatic heterocycles. The van der Waals surface area contributed by atoms with E-state index in [4.69, 9.17) is 4.74 Å². The second-order valence-corrected chi connectivity index (χ2v) is 5.80. The summed E-state index contributed by atoms with van der Waals surface area (Å²) >= 11 is 0. The quantitative estimate of drug-likeness (QED) is 0.812. The number of piperazine rings is 1. The smallest absolute Gasteiger partial charge is 0.0706 e. The minimum atomic E-state index is 0.477. The molecule has 1 N–H and O–H groups in total. The van der Waals surface area contributed by atoms with Crippen molar-refractivity contribution >= 4 is 0 Å². The van der Waals surface area contributed by atoms with E-state index >= 15 is 0 Å². The van der Waals surface area contributed by atoms with Crippen LogP contribution in [0.25, 0.3) is 0 Å². The van der Waals surface area contributed by atoms with E-state index < -0.39 is 0 Å². The zero-order valence-corrected chi connectivity index (χ0v) is 11.6. The molecule has 17 heavy (non-hydrogen) atoms. The van der Waals surface area contributed by atoms with Gasteiger partial charge >= 0.3 is 0 Å². The van der Waals surface area contributed by atoms with Crippen LogP contribution in [0, 0.1) is 5.92 Å². The van der Waals surface area contributed by atoms with Gasteiger partial charge in [-0.25, -0.2) is 0 Å². The van der Waals surface area contributed by atoms with Crippen molar-refractivity contribution in [1.82, 2.24) is 10.2 Å². The maximum absolute atomic E-state index is 5.96. The van der Waals surface area contributed by atoms with E-state index in [2.05, 4.69) is 31.0 Å². The summed E-state index contributed by atoms with van der Waals surface area (Å²) in [6, 6.07) is 0.702. The van der Waals surface area contributed by atoms with Gasteiger partial charge in [0.15, 0.2) is 0 Å². The van der Waals surface area contributed by atoms with Crippen LogP contribution in [0.15, 0.2) is 0 Å². The number of hydrogen-bond donors (Lipinski definition) is 1. The van der Waals surface area contributed by atoms with Crippen molar-refractivity contribution in [3.63, 3.8) is 0 Å². The lowest BCUT2D eigenvalue weighted by Gasteiger charge is -2.40. The Morgan fingerprint density at radius 1 is 1.41 bits per heavy atom. The SMILES string of the molecule is CCC(C)C1CNCCN1CC1CCC(C)O1. The van der Waals surface area contributed by atoms with Gasteiger partial charge in [-0.05, 0) is 25.7 Å². The van der Waals surface area contributed by atoms with E-state index in [0.29, 0.717) is 18.2 Å². The van der Waals surface area contributed by atoms with Crippen molar-refractivity contribution in [3.05, 3.63) is 0 Å². The molecule has 0 aromatic carbocycles. The van der Waals surface area contributed by atoms with Crippen LogP contribution in [0.5, 0.6) is 0 Å². The van der Waals surface area contributed by atoms with Crippen molar-refractivity contribution in [1.29, 1.82) is 0 Å². The highest BCUT2D eigenvalue weighted by atomic mass is 16.5. The fraction of sp³-hybridized carbons (Fsp3) is 1.00. The third-order valence-corrected chi connectivity index (χ3v) is 4.46. The fourth-order valence-corrected chi connectivity index (χ4v) is 3.11. The number of ether oxygens (including phenoxy) is 1. The highest BCUT2D eigenvalue weighted by molar-refractivity contribution is 4.86. The Morgan fingerprint density at radius 2 is 2.24 bits per heavy atom. The number of nitrogens with one attached hydrogen (secondary N) is 1. The highest BCUT2D eigenvalue weighted by Crippen LogP contribution is 2.23. The maximum atomic E-state index is 5.96. The van der Waals surface area contributed by atoms with Gasteiger partial charge in [0, 0.05) is 32.2 Å². The van der Waals surface area contributed by atoms with Gasteiger partial charge < -0.3 is 10.1 Å². The average Bonchev–Trinajstić information content (AvgIpc) is 2.74. The monoisotopic (exact) mass is 240 g/mol. The topological polar surface area (TPSA) is 24.5 Å². The predicted molar refractivity (Wildman–Crippen MR) is 71.3 cm³/mol. The molecule has 2 rings (SSSR count). The van der Waals surface area contributed by atoms with Crippen molar-refractivity contribution in [2.45, 2.75) is 58.3 Å². The molecule has 0 aliphatic carbocycles. The van der Waals surface area contributed by atoms with Gasteiger partial charge in [0.25, 0.3) is 0 Å². The lowest BCUT2D eigenvalue weighted by molar-refractivity contribution is 0.00789. The first kappa shape index (κ1) is 13.3. The number of nitrogens with zero attached hydrogens (tertiary/aromatic N) is 1. The van der Waals surface area contributed by atoms with Crippen LogP contribution in [0.4, 0.5) is 0 Å². The first-order chi connectivity index (χ1) is 8.20. The molecule has 0 aromatic rings. The van der Waals surface area contributed by atoms with Gasteiger partial charge in [-0.3, -0.25) is 4.90 Å². The molecular weight excluding hydrogens is 212 g/mol. The molecule has 3 nitrogen and oxygen atoms in total. The Hall–Kier alpha value is -0.120. The minimum absolute atomic E-state index is 0.477. The van der Waals surface area contributed by atoms with Crippen LogP contribution in [0.1, 0.15) is 40.0 Å². The highest BCUT2D eigenvalue weighted by Gasteiger charge is 2.30. The van der Waals surface area contributed by atoms with Crippen molar-refractivity contribution in [3.8, 4) is 0 Å². The Bertz CT molecular complexity index is 234. The summed E-state index contributed by atoms with van der Waals surface area (Å²) in [5, 5.41) is 3.53. The second kappa shape index (κ2) is 6.17. The average molecular weight is 240 g/mol. The summed E-state index contributed by atoms with van der Waals surface area (Å²) in [4.78, 5) is 2.66. The third kappa shape index (κ3) is 3.43. The van der Waals surface area contributed by atoms with Crippen LogP contribution in [-0.2, 0) is 4.74 Å². The molecule has 2 saturated heterocycles. The maximum Gasteiger partial charge on any atom is 0.0706 e. The zero-order chi connectivity index (χ0) is 12.3. The molecule has 0 amide bonds. The first-order valence-corrected chi connectivity index (χ1v) is 7.31. The first-order valence-electron chi connectivity index (χ1n) is 7.31. The van der Waals surface area contributed by atoms with Gasteiger partial charge in [-0.1, -0.05) is 20.3 Å². The Labute approximate surface area is 106 Å². The van der Waals surface area contributed by atoms with Gasteiger partial charge in [0.2, 0.25) is 0 Å². The van der Waals surface area contributed by atoms with Crippen molar-refractivity contribution in [2.75, 3.05) is 26.2 Å². The predicted octanol–water partition coefficient (Wildman–Crippen LogP) is 1.87. The number of hydrogen-bond acceptors (Lipinski definition) is 3. The lowest BCUT2D eigenvalue weighted by atomic mass is 9.95. The van der Waals surface area contributed by atoms with Crippen LogP contribution < -0.4 is 5.32 Å².